The van der Waals surface area contributed by atoms with Crippen LogP contribution >= 0.6 is 0 Å². The lowest BCUT2D eigenvalue weighted by atomic mass is 10.1. The lowest BCUT2D eigenvalue weighted by Crippen LogP contribution is -2.35. The van der Waals surface area contributed by atoms with E-state index < -0.39 is 0 Å². The second kappa shape index (κ2) is 6.45. The Balaban J connectivity index is 1.89. The molecule has 4 nitrogen and oxygen atoms in total. The Hall–Kier alpha value is -1.71. The van der Waals surface area contributed by atoms with Gasteiger partial charge in [0.25, 0.3) is 0 Å². The molecule has 0 saturated carbocycles. The normalized spacial score (nSPS) is 15.3. The third-order valence-corrected chi connectivity index (χ3v) is 3.61. The maximum absolute atomic E-state index is 12.0. The molecule has 0 atom stereocenters. The fraction of sp³-hybridized carbons (Fsp3) is 0.533. The molecule has 0 spiro atoms. The summed E-state index contributed by atoms with van der Waals surface area (Å²) >= 11 is 0. The van der Waals surface area contributed by atoms with Crippen LogP contribution in [-0.4, -0.2) is 36.1 Å². The van der Waals surface area contributed by atoms with E-state index in [4.69, 9.17) is 4.74 Å². The second-order valence-electron chi connectivity index (χ2n) is 4.94. The van der Waals surface area contributed by atoms with Crippen LogP contribution < -0.4 is 4.74 Å². The summed E-state index contributed by atoms with van der Waals surface area (Å²) in [6.07, 6.45) is 4.48. The summed E-state index contributed by atoms with van der Waals surface area (Å²) in [6, 6.07) is 5.21. The number of carbonyl (C=O) groups excluding carboxylic acids is 1. The molecule has 0 unspecified atom stereocenters. The minimum absolute atomic E-state index is 0.190. The van der Waals surface area contributed by atoms with E-state index >= 15 is 0 Å². The first-order valence-corrected chi connectivity index (χ1v) is 6.84. The second-order valence-corrected chi connectivity index (χ2v) is 4.94. The first-order chi connectivity index (χ1) is 9.20. The van der Waals surface area contributed by atoms with Crippen molar-refractivity contribution in [2.24, 2.45) is 0 Å². The SMILES string of the molecule is COc1ccc(CCC(=O)N2CCCCC2)c(O)c1. The first kappa shape index (κ1) is 13.7. The number of methoxy groups -OCH3 is 1. The Morgan fingerprint density at radius 3 is 2.68 bits per heavy atom. The van der Waals surface area contributed by atoms with Crippen molar-refractivity contribution in [3.8, 4) is 11.5 Å². The number of ether oxygens (including phenoxy) is 1. The molecule has 1 N–H and O–H groups in total. The number of piperidine rings is 1. The minimum atomic E-state index is 0.190. The zero-order chi connectivity index (χ0) is 13.7. The maximum atomic E-state index is 12.0. The number of rotatable bonds is 4. The molecule has 1 heterocycles. The molecule has 0 aromatic heterocycles. The largest absolute Gasteiger partial charge is 0.508 e. The molecule has 1 aromatic rings. The zero-order valence-electron chi connectivity index (χ0n) is 11.4. The third kappa shape index (κ3) is 3.63. The summed E-state index contributed by atoms with van der Waals surface area (Å²) in [5, 5.41) is 9.84. The average molecular weight is 263 g/mol. The van der Waals surface area contributed by atoms with Crippen LogP contribution in [0.1, 0.15) is 31.2 Å². The van der Waals surface area contributed by atoms with E-state index in [-0.39, 0.29) is 11.7 Å². The Bertz CT molecular complexity index is 439. The molecule has 1 aromatic carbocycles. The van der Waals surface area contributed by atoms with Gasteiger partial charge in [-0.2, -0.15) is 0 Å². The van der Waals surface area contributed by atoms with E-state index in [2.05, 4.69) is 0 Å². The van der Waals surface area contributed by atoms with E-state index in [0.717, 1.165) is 31.5 Å². The predicted molar refractivity (Wildman–Crippen MR) is 73.4 cm³/mol. The first-order valence-electron chi connectivity index (χ1n) is 6.84. The summed E-state index contributed by atoms with van der Waals surface area (Å²) in [5.41, 5.74) is 0.797. The highest BCUT2D eigenvalue weighted by Crippen LogP contribution is 2.24. The Morgan fingerprint density at radius 1 is 1.32 bits per heavy atom. The monoisotopic (exact) mass is 263 g/mol. The standard InChI is InChI=1S/C15H21NO3/c1-19-13-7-5-12(14(17)11-13)6-8-15(18)16-9-3-2-4-10-16/h5,7,11,17H,2-4,6,8-10H2,1H3. The third-order valence-electron chi connectivity index (χ3n) is 3.61. The molecule has 1 aliphatic rings. The molecule has 4 heteroatoms. The number of aromatic hydroxyl groups is 1. The van der Waals surface area contributed by atoms with Crippen LogP contribution in [-0.2, 0) is 11.2 Å². The van der Waals surface area contributed by atoms with Crippen LogP contribution in [0.25, 0.3) is 0 Å². The van der Waals surface area contributed by atoms with Crippen molar-refractivity contribution in [2.75, 3.05) is 20.2 Å². The highest BCUT2D eigenvalue weighted by atomic mass is 16.5. The van der Waals surface area contributed by atoms with Crippen molar-refractivity contribution in [3.63, 3.8) is 0 Å². The molecule has 2 rings (SSSR count). The van der Waals surface area contributed by atoms with Crippen molar-refractivity contribution < 1.29 is 14.6 Å². The summed E-state index contributed by atoms with van der Waals surface area (Å²) in [7, 11) is 1.56. The Kier molecular flexibility index (Phi) is 4.66. The van der Waals surface area contributed by atoms with Crippen molar-refractivity contribution in [3.05, 3.63) is 23.8 Å². The predicted octanol–water partition coefficient (Wildman–Crippen LogP) is 2.35. The van der Waals surface area contributed by atoms with Crippen molar-refractivity contribution in [2.45, 2.75) is 32.1 Å². The molecule has 1 fully saturated rings. The molecule has 1 amide bonds. The number of hydrogen-bond acceptors (Lipinski definition) is 3. The van der Waals surface area contributed by atoms with Gasteiger partial charge in [-0.05, 0) is 37.3 Å². The zero-order valence-corrected chi connectivity index (χ0v) is 11.4. The Labute approximate surface area is 114 Å². The number of phenols is 1. The van der Waals surface area contributed by atoms with Gasteiger partial charge in [-0.15, -0.1) is 0 Å². The number of hydrogen-bond donors (Lipinski definition) is 1. The van der Waals surface area contributed by atoms with Gasteiger partial charge < -0.3 is 14.7 Å². The highest BCUT2D eigenvalue weighted by molar-refractivity contribution is 5.76. The molecule has 0 aliphatic carbocycles. The fourth-order valence-corrected chi connectivity index (χ4v) is 2.43. The minimum Gasteiger partial charge on any atom is -0.508 e. The summed E-state index contributed by atoms with van der Waals surface area (Å²) < 4.78 is 5.04. The molecule has 1 saturated heterocycles. The van der Waals surface area contributed by atoms with Gasteiger partial charge in [0.2, 0.25) is 5.91 Å². The summed E-state index contributed by atoms with van der Waals surface area (Å²) in [4.78, 5) is 14.0. The molecule has 1 aliphatic heterocycles. The van der Waals surface area contributed by atoms with Gasteiger partial charge in [-0.3, -0.25) is 4.79 Å². The maximum Gasteiger partial charge on any atom is 0.222 e. The van der Waals surface area contributed by atoms with Gasteiger partial charge >= 0.3 is 0 Å². The lowest BCUT2D eigenvalue weighted by molar-refractivity contribution is -0.132. The quantitative estimate of drug-likeness (QED) is 0.907. The number of benzene rings is 1. The smallest absolute Gasteiger partial charge is 0.222 e. The average Bonchev–Trinajstić information content (AvgIpc) is 2.46. The summed E-state index contributed by atoms with van der Waals surface area (Å²) in [5.74, 6) is 1.02. The molecular formula is C15H21NO3. The number of phenolic OH excluding ortho intramolecular Hbond substituents is 1. The van der Waals surface area contributed by atoms with Crippen molar-refractivity contribution in [1.82, 2.24) is 4.90 Å². The lowest BCUT2D eigenvalue weighted by Gasteiger charge is -2.26. The number of amides is 1. The van der Waals surface area contributed by atoms with Crippen molar-refractivity contribution in [1.29, 1.82) is 0 Å². The molecule has 0 bridgehead atoms. The summed E-state index contributed by atoms with van der Waals surface area (Å²) in [6.45, 7) is 1.76. The van der Waals surface area contributed by atoms with E-state index in [1.807, 2.05) is 11.0 Å². The van der Waals surface area contributed by atoms with E-state index in [1.54, 1.807) is 19.2 Å². The van der Waals surface area contributed by atoms with E-state index in [9.17, 15) is 9.90 Å². The van der Waals surface area contributed by atoms with Gasteiger partial charge in [0.1, 0.15) is 11.5 Å². The van der Waals surface area contributed by atoms with E-state index in [1.165, 1.54) is 6.42 Å². The number of likely N-dealkylation sites (tertiary alicyclic amines) is 1. The number of carbonyl (C=O) groups is 1. The number of aryl methyl sites for hydroxylation is 1. The van der Waals surface area contributed by atoms with Crippen LogP contribution in [0.5, 0.6) is 11.5 Å². The molecular weight excluding hydrogens is 242 g/mol. The van der Waals surface area contributed by atoms with E-state index in [0.29, 0.717) is 18.6 Å². The van der Waals surface area contributed by atoms with Gasteiger partial charge in [0.05, 0.1) is 7.11 Å². The highest BCUT2D eigenvalue weighted by Gasteiger charge is 2.16. The fourth-order valence-electron chi connectivity index (χ4n) is 2.43. The number of nitrogens with zero attached hydrogens (tertiary/aromatic N) is 1. The Morgan fingerprint density at radius 2 is 2.05 bits per heavy atom. The van der Waals surface area contributed by atoms with Gasteiger partial charge in [-0.25, -0.2) is 0 Å². The van der Waals surface area contributed by atoms with Crippen LogP contribution in [0.3, 0.4) is 0 Å². The van der Waals surface area contributed by atoms with Crippen LogP contribution in [0, 0.1) is 0 Å². The van der Waals surface area contributed by atoms with Crippen LogP contribution in [0.15, 0.2) is 18.2 Å². The molecule has 19 heavy (non-hydrogen) atoms. The molecule has 104 valence electrons. The van der Waals surface area contributed by atoms with Gasteiger partial charge in [0.15, 0.2) is 0 Å². The van der Waals surface area contributed by atoms with Crippen LogP contribution in [0.2, 0.25) is 0 Å². The van der Waals surface area contributed by atoms with Gasteiger partial charge in [-0.1, -0.05) is 6.07 Å². The molecule has 0 radical (unpaired) electrons. The van der Waals surface area contributed by atoms with Crippen LogP contribution in [0.4, 0.5) is 0 Å². The van der Waals surface area contributed by atoms with Gasteiger partial charge in [0, 0.05) is 25.6 Å². The van der Waals surface area contributed by atoms with Crippen molar-refractivity contribution >= 4 is 5.91 Å². The topological polar surface area (TPSA) is 49.8 Å².